The topological polar surface area (TPSA) is 72.9 Å². The highest BCUT2D eigenvalue weighted by atomic mass is 32.2. The molecule has 0 bridgehead atoms. The zero-order valence-corrected chi connectivity index (χ0v) is 15.5. The number of alkyl halides is 3. The molecule has 1 saturated heterocycles. The minimum absolute atomic E-state index is 0.302. The molecule has 1 heterocycles. The SMILES string of the molecule is C[C@@H](c1ccc(C(F)(F)F)cc1)C1COS(=O)(=O)N1C(=O)OC(C)(C)C. The number of hydrogen-bond acceptors (Lipinski definition) is 5. The van der Waals surface area contributed by atoms with Gasteiger partial charge < -0.3 is 4.74 Å². The number of amides is 1. The molecule has 0 aliphatic carbocycles. The van der Waals surface area contributed by atoms with Crippen LogP contribution in [-0.4, -0.2) is 37.1 Å². The van der Waals surface area contributed by atoms with Crippen molar-refractivity contribution in [3.63, 3.8) is 0 Å². The lowest BCUT2D eigenvalue weighted by atomic mass is 9.93. The largest absolute Gasteiger partial charge is 0.443 e. The number of carbonyl (C=O) groups is 1. The smallest absolute Gasteiger partial charge is 0.426 e. The molecule has 0 saturated carbocycles. The second kappa shape index (κ2) is 6.73. The molecule has 1 aliphatic rings. The Morgan fingerprint density at radius 3 is 2.23 bits per heavy atom. The van der Waals surface area contributed by atoms with E-state index in [1.165, 1.54) is 12.1 Å². The summed E-state index contributed by atoms with van der Waals surface area (Å²) in [6.07, 6.45) is -5.55. The van der Waals surface area contributed by atoms with Gasteiger partial charge in [0.15, 0.2) is 0 Å². The standard InChI is InChI=1S/C16H20F3NO5S/c1-10(11-5-7-12(8-6-11)16(17,18)19)13-9-24-26(22,23)20(13)14(21)25-15(2,3)4/h5-8,10,13H,9H2,1-4H3/t10-,13?/m0/s1. The fraction of sp³-hybridized carbons (Fsp3) is 0.562. The molecule has 1 fully saturated rings. The van der Waals surface area contributed by atoms with Gasteiger partial charge in [-0.15, -0.1) is 0 Å². The van der Waals surface area contributed by atoms with Crippen LogP contribution in [0.25, 0.3) is 0 Å². The Labute approximate surface area is 150 Å². The van der Waals surface area contributed by atoms with Crippen molar-refractivity contribution in [3.05, 3.63) is 35.4 Å². The van der Waals surface area contributed by atoms with E-state index in [4.69, 9.17) is 8.92 Å². The molecule has 1 amide bonds. The second-order valence-corrected chi connectivity index (χ2v) is 8.48. The number of halogens is 3. The summed E-state index contributed by atoms with van der Waals surface area (Å²) >= 11 is 0. The first-order valence-electron chi connectivity index (χ1n) is 7.81. The summed E-state index contributed by atoms with van der Waals surface area (Å²) in [5, 5.41) is 0. The van der Waals surface area contributed by atoms with Crippen molar-refractivity contribution in [2.75, 3.05) is 6.61 Å². The molecule has 1 aliphatic heterocycles. The number of hydrogen-bond donors (Lipinski definition) is 0. The van der Waals surface area contributed by atoms with E-state index in [0.29, 0.717) is 9.87 Å². The number of benzene rings is 1. The van der Waals surface area contributed by atoms with Crippen LogP contribution in [0.15, 0.2) is 24.3 Å². The molecule has 10 heteroatoms. The summed E-state index contributed by atoms with van der Waals surface area (Å²) in [4.78, 5) is 12.3. The average Bonchev–Trinajstić information content (AvgIpc) is 2.79. The van der Waals surface area contributed by atoms with Crippen LogP contribution in [0.2, 0.25) is 0 Å². The van der Waals surface area contributed by atoms with E-state index in [0.717, 1.165) is 12.1 Å². The Balaban J connectivity index is 2.29. The molecule has 6 nitrogen and oxygen atoms in total. The predicted octanol–water partition coefficient (Wildman–Crippen LogP) is 3.69. The van der Waals surface area contributed by atoms with Gasteiger partial charge in [0, 0.05) is 5.92 Å². The highest BCUT2D eigenvalue weighted by Gasteiger charge is 2.47. The lowest BCUT2D eigenvalue weighted by Gasteiger charge is -2.28. The first-order valence-corrected chi connectivity index (χ1v) is 9.18. The zero-order valence-electron chi connectivity index (χ0n) is 14.7. The van der Waals surface area contributed by atoms with Gasteiger partial charge in [-0.3, -0.25) is 4.18 Å². The Morgan fingerprint density at radius 2 is 1.77 bits per heavy atom. The van der Waals surface area contributed by atoms with Crippen molar-refractivity contribution < 1.29 is 35.3 Å². The normalized spacial score (nSPS) is 21.5. The quantitative estimate of drug-likeness (QED) is 0.764. The van der Waals surface area contributed by atoms with Crippen molar-refractivity contribution >= 4 is 16.4 Å². The fourth-order valence-electron chi connectivity index (χ4n) is 2.52. The summed E-state index contributed by atoms with van der Waals surface area (Å²) in [5.74, 6) is -0.595. The van der Waals surface area contributed by atoms with Gasteiger partial charge in [0.1, 0.15) is 5.60 Å². The van der Waals surface area contributed by atoms with E-state index in [1.807, 2.05) is 0 Å². The number of nitrogens with zero attached hydrogens (tertiary/aromatic N) is 1. The Kier molecular flexibility index (Phi) is 5.31. The van der Waals surface area contributed by atoms with Crippen LogP contribution in [0.3, 0.4) is 0 Å². The maximum atomic E-state index is 12.7. The number of rotatable bonds is 2. The fourth-order valence-corrected chi connectivity index (χ4v) is 3.74. The van der Waals surface area contributed by atoms with Gasteiger partial charge >= 0.3 is 22.6 Å². The van der Waals surface area contributed by atoms with Crippen molar-refractivity contribution in [2.45, 2.75) is 51.4 Å². The first-order chi connectivity index (χ1) is 11.7. The summed E-state index contributed by atoms with van der Waals surface area (Å²) in [6, 6.07) is 3.41. The molecule has 0 aromatic heterocycles. The van der Waals surface area contributed by atoms with Gasteiger partial charge in [-0.05, 0) is 38.5 Å². The molecule has 2 atom stereocenters. The van der Waals surface area contributed by atoms with Gasteiger partial charge in [-0.25, -0.2) is 4.79 Å². The van der Waals surface area contributed by atoms with Gasteiger partial charge in [0.2, 0.25) is 0 Å². The monoisotopic (exact) mass is 395 g/mol. The van der Waals surface area contributed by atoms with E-state index in [2.05, 4.69) is 0 Å². The van der Waals surface area contributed by atoms with Crippen molar-refractivity contribution in [2.24, 2.45) is 0 Å². The molecule has 0 N–H and O–H groups in total. The highest BCUT2D eigenvalue weighted by molar-refractivity contribution is 7.85. The summed E-state index contributed by atoms with van der Waals surface area (Å²) in [5.41, 5.74) is -1.29. The van der Waals surface area contributed by atoms with Crippen LogP contribution in [0, 0.1) is 0 Å². The van der Waals surface area contributed by atoms with E-state index >= 15 is 0 Å². The van der Waals surface area contributed by atoms with Crippen LogP contribution in [0.4, 0.5) is 18.0 Å². The van der Waals surface area contributed by atoms with Crippen LogP contribution in [0.1, 0.15) is 44.7 Å². The summed E-state index contributed by atoms with van der Waals surface area (Å²) in [6.45, 7) is 6.06. The minimum atomic E-state index is -4.47. The first kappa shape index (κ1) is 20.5. The van der Waals surface area contributed by atoms with E-state index in [-0.39, 0.29) is 6.61 Å². The molecular weight excluding hydrogens is 375 g/mol. The molecule has 0 radical (unpaired) electrons. The molecule has 1 unspecified atom stereocenters. The van der Waals surface area contributed by atoms with Gasteiger partial charge in [0.05, 0.1) is 18.2 Å². The lowest BCUT2D eigenvalue weighted by Crippen LogP contribution is -2.44. The third-order valence-corrected chi connectivity index (χ3v) is 5.18. The van der Waals surface area contributed by atoms with Crippen molar-refractivity contribution in [1.29, 1.82) is 0 Å². The molecule has 1 aromatic carbocycles. The predicted molar refractivity (Wildman–Crippen MR) is 86.6 cm³/mol. The molecule has 2 rings (SSSR count). The van der Waals surface area contributed by atoms with E-state index < -0.39 is 45.7 Å². The highest BCUT2D eigenvalue weighted by Crippen LogP contribution is 2.34. The number of carbonyl (C=O) groups excluding carboxylic acids is 1. The van der Waals surface area contributed by atoms with Crippen LogP contribution in [-0.2, 0) is 25.4 Å². The summed E-state index contributed by atoms with van der Waals surface area (Å²) in [7, 11) is -4.31. The van der Waals surface area contributed by atoms with Gasteiger partial charge in [-0.2, -0.15) is 25.9 Å². The summed E-state index contributed by atoms with van der Waals surface area (Å²) < 4.78 is 72.6. The Bertz CT molecular complexity index is 769. The maximum absolute atomic E-state index is 12.7. The van der Waals surface area contributed by atoms with E-state index in [9.17, 15) is 26.4 Å². The zero-order chi connectivity index (χ0) is 19.9. The third-order valence-electron chi connectivity index (χ3n) is 3.84. The third kappa shape index (κ3) is 4.47. The van der Waals surface area contributed by atoms with E-state index in [1.54, 1.807) is 27.7 Å². The molecule has 1 aromatic rings. The lowest BCUT2D eigenvalue weighted by molar-refractivity contribution is -0.137. The Morgan fingerprint density at radius 1 is 1.23 bits per heavy atom. The average molecular weight is 395 g/mol. The number of ether oxygens (including phenoxy) is 1. The van der Waals surface area contributed by atoms with Crippen molar-refractivity contribution in [1.82, 2.24) is 4.31 Å². The molecule has 26 heavy (non-hydrogen) atoms. The van der Waals surface area contributed by atoms with Gasteiger partial charge in [-0.1, -0.05) is 19.1 Å². The minimum Gasteiger partial charge on any atom is -0.443 e. The van der Waals surface area contributed by atoms with Gasteiger partial charge in [0.25, 0.3) is 0 Å². The molecule has 146 valence electrons. The Hall–Kier alpha value is -1.81. The maximum Gasteiger partial charge on any atom is 0.426 e. The second-order valence-electron chi connectivity index (χ2n) is 6.99. The van der Waals surface area contributed by atoms with Crippen LogP contribution < -0.4 is 0 Å². The van der Waals surface area contributed by atoms with Crippen molar-refractivity contribution in [3.8, 4) is 0 Å². The van der Waals surface area contributed by atoms with Crippen LogP contribution >= 0.6 is 0 Å². The van der Waals surface area contributed by atoms with Crippen LogP contribution in [0.5, 0.6) is 0 Å². The molecule has 0 spiro atoms. The molecular formula is C16H20F3NO5S.